The van der Waals surface area contributed by atoms with Gasteiger partial charge >= 0.3 is 0 Å². The van der Waals surface area contributed by atoms with Crippen molar-refractivity contribution >= 4 is 28.8 Å². The Kier molecular flexibility index (Phi) is 4.48. The summed E-state index contributed by atoms with van der Waals surface area (Å²) in [5, 5.41) is 11.1. The molecule has 0 aliphatic carbocycles. The second-order valence-corrected chi connectivity index (χ2v) is 6.13. The summed E-state index contributed by atoms with van der Waals surface area (Å²) in [4.78, 5) is 4.50. The van der Waals surface area contributed by atoms with E-state index in [4.69, 9.17) is 27.9 Å². The lowest BCUT2D eigenvalue weighted by Crippen LogP contribution is -2.01. The molecule has 6 heteroatoms. The van der Waals surface area contributed by atoms with E-state index in [9.17, 15) is 5.11 Å². The third kappa shape index (κ3) is 3.02. The highest BCUT2D eigenvalue weighted by molar-refractivity contribution is 6.35. The molecule has 0 spiro atoms. The fourth-order valence-corrected chi connectivity index (χ4v) is 3.12. The Hall–Kier alpha value is -1.75. The summed E-state index contributed by atoms with van der Waals surface area (Å²) in [6.07, 6.45) is 1.24. The molecule has 0 amide bonds. The van der Waals surface area contributed by atoms with E-state index in [-0.39, 0.29) is 6.61 Å². The van der Waals surface area contributed by atoms with Crippen molar-refractivity contribution in [3.05, 3.63) is 63.5 Å². The number of halogens is 2. The first-order valence-electron chi connectivity index (χ1n) is 7.20. The molecule has 0 saturated heterocycles. The smallest absolute Gasteiger partial charge is 0.180 e. The van der Waals surface area contributed by atoms with Crippen LogP contribution in [0.5, 0.6) is 5.75 Å². The Labute approximate surface area is 144 Å². The van der Waals surface area contributed by atoms with Gasteiger partial charge in [0.05, 0.1) is 17.5 Å². The molecule has 0 radical (unpaired) electrons. The average Bonchev–Trinajstić information content (AvgIpc) is 2.83. The monoisotopic (exact) mass is 350 g/mol. The van der Waals surface area contributed by atoms with Gasteiger partial charge in [0.15, 0.2) is 11.4 Å². The number of ether oxygens (including phenoxy) is 1. The molecule has 0 aliphatic heterocycles. The summed E-state index contributed by atoms with van der Waals surface area (Å²) < 4.78 is 7.72. The second-order valence-electron chi connectivity index (χ2n) is 5.31. The number of rotatable bonds is 4. The number of hydrogen-bond acceptors (Lipinski definition) is 3. The van der Waals surface area contributed by atoms with Gasteiger partial charge in [0.2, 0.25) is 0 Å². The van der Waals surface area contributed by atoms with E-state index in [1.54, 1.807) is 25.1 Å². The largest absolute Gasteiger partial charge is 0.485 e. The van der Waals surface area contributed by atoms with Crippen LogP contribution in [-0.4, -0.2) is 14.5 Å². The number of aliphatic hydroxyl groups is 1. The number of pyridine rings is 1. The maximum atomic E-state index is 9.93. The van der Waals surface area contributed by atoms with Gasteiger partial charge in [0, 0.05) is 21.8 Å². The molecular formula is C17H16Cl2N2O2. The highest BCUT2D eigenvalue weighted by Gasteiger charge is 2.16. The molecule has 1 N–H and O–H groups in total. The number of fused-ring (bicyclic) bond motifs is 1. The molecule has 3 rings (SSSR count). The minimum Gasteiger partial charge on any atom is -0.485 e. The van der Waals surface area contributed by atoms with E-state index in [0.717, 1.165) is 17.0 Å². The molecule has 0 saturated carbocycles. The fraction of sp³-hybridized carbons (Fsp3) is 0.235. The molecule has 1 unspecified atom stereocenters. The van der Waals surface area contributed by atoms with Crippen LogP contribution in [0.2, 0.25) is 10.0 Å². The molecular weight excluding hydrogens is 335 g/mol. The number of aliphatic hydroxyl groups excluding tert-OH is 1. The van der Waals surface area contributed by atoms with E-state index in [2.05, 4.69) is 4.98 Å². The van der Waals surface area contributed by atoms with Crippen LogP contribution in [0.4, 0.5) is 0 Å². The van der Waals surface area contributed by atoms with Gasteiger partial charge in [0.25, 0.3) is 0 Å². The molecule has 0 fully saturated rings. The Morgan fingerprint density at radius 2 is 1.91 bits per heavy atom. The lowest BCUT2D eigenvalue weighted by Gasteiger charge is -2.11. The third-order valence-electron chi connectivity index (χ3n) is 3.66. The zero-order valence-corrected chi connectivity index (χ0v) is 14.3. The summed E-state index contributed by atoms with van der Waals surface area (Å²) >= 11 is 12.3. The molecule has 3 aromatic rings. The van der Waals surface area contributed by atoms with Gasteiger partial charge in [-0.3, -0.25) is 4.40 Å². The van der Waals surface area contributed by atoms with Crippen molar-refractivity contribution in [3.63, 3.8) is 0 Å². The highest BCUT2D eigenvalue weighted by Crippen LogP contribution is 2.29. The van der Waals surface area contributed by atoms with Crippen LogP contribution in [0.25, 0.3) is 5.65 Å². The van der Waals surface area contributed by atoms with Gasteiger partial charge in [-0.15, -0.1) is 0 Å². The van der Waals surface area contributed by atoms with Crippen LogP contribution in [0, 0.1) is 6.92 Å². The zero-order valence-electron chi connectivity index (χ0n) is 12.8. The van der Waals surface area contributed by atoms with Crippen molar-refractivity contribution in [3.8, 4) is 5.75 Å². The molecule has 0 aliphatic rings. The molecule has 1 atom stereocenters. The van der Waals surface area contributed by atoms with Gasteiger partial charge in [0.1, 0.15) is 6.61 Å². The Bertz CT molecular complexity index is 839. The standard InChI is InChI=1S/C17H16Cl2N2O2/c1-10-16(11(2)22)21-8-4-7-15(17(21)20-10)23-9-12-13(18)5-3-6-14(12)19/h3-8,11,22H,9H2,1-2H3. The molecule has 1 aromatic carbocycles. The number of imidazole rings is 1. The van der Waals surface area contributed by atoms with Gasteiger partial charge < -0.3 is 9.84 Å². The van der Waals surface area contributed by atoms with E-state index >= 15 is 0 Å². The first-order chi connectivity index (χ1) is 11.0. The van der Waals surface area contributed by atoms with Gasteiger partial charge in [-0.25, -0.2) is 4.98 Å². The van der Waals surface area contributed by atoms with Crippen molar-refractivity contribution in [2.75, 3.05) is 0 Å². The normalized spacial score (nSPS) is 12.6. The average molecular weight is 351 g/mol. The first-order valence-corrected chi connectivity index (χ1v) is 7.96. The van der Waals surface area contributed by atoms with E-state index in [1.807, 2.05) is 29.7 Å². The van der Waals surface area contributed by atoms with Crippen molar-refractivity contribution in [1.29, 1.82) is 0 Å². The number of aromatic nitrogens is 2. The lowest BCUT2D eigenvalue weighted by atomic mass is 10.2. The van der Waals surface area contributed by atoms with E-state index in [1.165, 1.54) is 0 Å². The molecule has 4 nitrogen and oxygen atoms in total. The van der Waals surface area contributed by atoms with Crippen LogP contribution >= 0.6 is 23.2 Å². The minimum absolute atomic E-state index is 0.244. The summed E-state index contributed by atoms with van der Waals surface area (Å²) in [5.41, 5.74) is 2.91. The summed E-state index contributed by atoms with van der Waals surface area (Å²) in [6, 6.07) is 9.03. The Morgan fingerprint density at radius 3 is 2.57 bits per heavy atom. The summed E-state index contributed by atoms with van der Waals surface area (Å²) in [6.45, 7) is 3.82. The number of hydrogen-bond donors (Lipinski definition) is 1. The van der Waals surface area contributed by atoms with E-state index in [0.29, 0.717) is 21.4 Å². The first kappa shape index (κ1) is 16.1. The summed E-state index contributed by atoms with van der Waals surface area (Å²) in [5.74, 6) is 0.610. The maximum absolute atomic E-state index is 9.93. The summed E-state index contributed by atoms with van der Waals surface area (Å²) in [7, 11) is 0. The molecule has 2 heterocycles. The number of benzene rings is 1. The topological polar surface area (TPSA) is 46.8 Å². The van der Waals surface area contributed by atoms with Gasteiger partial charge in [-0.2, -0.15) is 0 Å². The Balaban J connectivity index is 1.97. The number of aryl methyl sites for hydroxylation is 1. The van der Waals surface area contributed by atoms with Crippen LogP contribution in [-0.2, 0) is 6.61 Å². The van der Waals surface area contributed by atoms with Crippen LogP contribution in [0.15, 0.2) is 36.5 Å². The molecule has 2 aromatic heterocycles. The van der Waals surface area contributed by atoms with Crippen molar-refractivity contribution in [1.82, 2.24) is 9.38 Å². The quantitative estimate of drug-likeness (QED) is 0.748. The minimum atomic E-state index is -0.613. The second kappa shape index (κ2) is 6.40. The number of nitrogens with zero attached hydrogens (tertiary/aromatic N) is 2. The van der Waals surface area contributed by atoms with Crippen molar-refractivity contribution < 1.29 is 9.84 Å². The molecule has 120 valence electrons. The maximum Gasteiger partial charge on any atom is 0.180 e. The van der Waals surface area contributed by atoms with Crippen LogP contribution in [0.1, 0.15) is 30.0 Å². The van der Waals surface area contributed by atoms with Gasteiger partial charge in [-0.05, 0) is 38.1 Å². The van der Waals surface area contributed by atoms with Crippen molar-refractivity contribution in [2.24, 2.45) is 0 Å². The van der Waals surface area contributed by atoms with Gasteiger partial charge in [-0.1, -0.05) is 29.3 Å². The van der Waals surface area contributed by atoms with Crippen LogP contribution in [0.3, 0.4) is 0 Å². The predicted octanol–water partition coefficient (Wildman–Crippen LogP) is 4.58. The fourth-order valence-electron chi connectivity index (χ4n) is 2.61. The Morgan fingerprint density at radius 1 is 1.22 bits per heavy atom. The lowest BCUT2D eigenvalue weighted by molar-refractivity contribution is 0.192. The predicted molar refractivity (Wildman–Crippen MR) is 91.4 cm³/mol. The highest BCUT2D eigenvalue weighted by atomic mass is 35.5. The zero-order chi connectivity index (χ0) is 16.6. The molecule has 23 heavy (non-hydrogen) atoms. The third-order valence-corrected chi connectivity index (χ3v) is 4.37. The van der Waals surface area contributed by atoms with Crippen LogP contribution < -0.4 is 4.74 Å². The van der Waals surface area contributed by atoms with E-state index < -0.39 is 6.10 Å². The van der Waals surface area contributed by atoms with Crippen molar-refractivity contribution in [2.45, 2.75) is 26.6 Å². The SMILES string of the molecule is Cc1nc2c(OCc3c(Cl)cccc3Cl)cccn2c1C(C)O. The molecule has 0 bridgehead atoms.